The van der Waals surface area contributed by atoms with Gasteiger partial charge in [-0.1, -0.05) is 31.5 Å². The molecule has 0 aromatic heterocycles. The summed E-state index contributed by atoms with van der Waals surface area (Å²) >= 11 is 0. The minimum absolute atomic E-state index is 0.208. The Kier molecular flexibility index (Phi) is 5.49. The molecule has 1 atom stereocenters. The van der Waals surface area contributed by atoms with E-state index in [1.54, 1.807) is 7.11 Å². The number of aliphatic hydroxyl groups is 1. The molecule has 1 aromatic carbocycles. The summed E-state index contributed by atoms with van der Waals surface area (Å²) in [6.45, 7) is 6.35. The summed E-state index contributed by atoms with van der Waals surface area (Å²) in [5, 5.41) is 9.87. The Hall–Kier alpha value is -1.02. The average Bonchev–Trinajstić information content (AvgIpc) is 2.25. The summed E-state index contributed by atoms with van der Waals surface area (Å²) in [6.07, 6.45) is 2.34. The maximum absolute atomic E-state index is 9.87. The van der Waals surface area contributed by atoms with Crippen LogP contribution in [0.15, 0.2) is 18.2 Å². The fourth-order valence-electron chi connectivity index (χ4n) is 2.09. The van der Waals surface area contributed by atoms with E-state index in [1.807, 2.05) is 12.1 Å². The number of rotatable bonds is 6. The molecule has 0 aliphatic heterocycles. The van der Waals surface area contributed by atoms with Crippen molar-refractivity contribution in [2.75, 3.05) is 7.11 Å². The van der Waals surface area contributed by atoms with E-state index >= 15 is 0 Å². The van der Waals surface area contributed by atoms with Crippen LogP contribution in [0.25, 0.3) is 0 Å². The van der Waals surface area contributed by atoms with Gasteiger partial charge in [-0.2, -0.15) is 0 Å². The third kappa shape index (κ3) is 4.78. The van der Waals surface area contributed by atoms with Crippen molar-refractivity contribution in [3.05, 3.63) is 29.3 Å². The molecule has 0 saturated carbocycles. The number of hydrogen-bond acceptors (Lipinski definition) is 2. The minimum atomic E-state index is -0.208. The standard InChI is InChI=1S/C15H24O2/c1-11(2)9-14(16)7-6-13-10-12(3)5-8-15(13)17-4/h5,8,10-11,14,16H,6-7,9H2,1-4H3. The third-order valence-corrected chi connectivity index (χ3v) is 2.93. The van der Waals surface area contributed by atoms with Gasteiger partial charge in [0.1, 0.15) is 5.75 Å². The molecular weight excluding hydrogens is 212 g/mol. The van der Waals surface area contributed by atoms with E-state index in [2.05, 4.69) is 26.8 Å². The van der Waals surface area contributed by atoms with Gasteiger partial charge in [0.15, 0.2) is 0 Å². The molecule has 0 radical (unpaired) electrons. The van der Waals surface area contributed by atoms with E-state index in [1.165, 1.54) is 11.1 Å². The van der Waals surface area contributed by atoms with Gasteiger partial charge in [-0.25, -0.2) is 0 Å². The SMILES string of the molecule is COc1ccc(C)cc1CCC(O)CC(C)C. The summed E-state index contributed by atoms with van der Waals surface area (Å²) in [5.74, 6) is 1.47. The van der Waals surface area contributed by atoms with E-state index in [4.69, 9.17) is 4.74 Å². The highest BCUT2D eigenvalue weighted by atomic mass is 16.5. The molecule has 2 heteroatoms. The van der Waals surface area contributed by atoms with Crippen molar-refractivity contribution in [2.45, 2.75) is 46.1 Å². The van der Waals surface area contributed by atoms with Crippen LogP contribution in [0.5, 0.6) is 5.75 Å². The molecule has 17 heavy (non-hydrogen) atoms. The van der Waals surface area contributed by atoms with Crippen molar-refractivity contribution in [1.82, 2.24) is 0 Å². The first kappa shape index (κ1) is 14.0. The molecule has 0 bridgehead atoms. The topological polar surface area (TPSA) is 29.5 Å². The minimum Gasteiger partial charge on any atom is -0.496 e. The van der Waals surface area contributed by atoms with Crippen LogP contribution in [0, 0.1) is 12.8 Å². The Labute approximate surface area is 105 Å². The number of aliphatic hydroxyl groups excluding tert-OH is 1. The molecule has 96 valence electrons. The molecule has 0 aliphatic carbocycles. The zero-order valence-electron chi connectivity index (χ0n) is 11.4. The van der Waals surface area contributed by atoms with Crippen molar-refractivity contribution < 1.29 is 9.84 Å². The van der Waals surface area contributed by atoms with E-state index in [0.29, 0.717) is 5.92 Å². The molecule has 0 aliphatic rings. The second-order valence-corrected chi connectivity index (χ2v) is 5.14. The Morgan fingerprint density at radius 3 is 2.59 bits per heavy atom. The summed E-state index contributed by atoms with van der Waals surface area (Å²) in [4.78, 5) is 0. The number of hydrogen-bond donors (Lipinski definition) is 1. The number of benzene rings is 1. The van der Waals surface area contributed by atoms with Crippen LogP contribution in [0.3, 0.4) is 0 Å². The van der Waals surface area contributed by atoms with E-state index in [0.717, 1.165) is 25.0 Å². The van der Waals surface area contributed by atoms with Gasteiger partial charge in [0.25, 0.3) is 0 Å². The van der Waals surface area contributed by atoms with Crippen LogP contribution in [0.4, 0.5) is 0 Å². The fourth-order valence-corrected chi connectivity index (χ4v) is 2.09. The second kappa shape index (κ2) is 6.65. The third-order valence-electron chi connectivity index (χ3n) is 2.93. The first-order chi connectivity index (χ1) is 8.02. The molecule has 0 fully saturated rings. The second-order valence-electron chi connectivity index (χ2n) is 5.14. The van der Waals surface area contributed by atoms with Gasteiger partial charge in [0.05, 0.1) is 13.2 Å². The zero-order valence-corrected chi connectivity index (χ0v) is 11.4. The van der Waals surface area contributed by atoms with E-state index in [-0.39, 0.29) is 6.10 Å². The highest BCUT2D eigenvalue weighted by molar-refractivity contribution is 5.36. The van der Waals surface area contributed by atoms with Crippen LogP contribution in [0.2, 0.25) is 0 Å². The Bertz CT molecular complexity index is 345. The first-order valence-electron chi connectivity index (χ1n) is 6.34. The normalized spacial score (nSPS) is 12.8. The molecule has 0 spiro atoms. The predicted octanol–water partition coefficient (Wildman–Crippen LogP) is 3.34. The smallest absolute Gasteiger partial charge is 0.122 e. The molecule has 0 amide bonds. The van der Waals surface area contributed by atoms with Crippen molar-refractivity contribution in [3.8, 4) is 5.75 Å². The summed E-state index contributed by atoms with van der Waals surface area (Å²) in [5.41, 5.74) is 2.43. The lowest BCUT2D eigenvalue weighted by atomic mass is 9.98. The monoisotopic (exact) mass is 236 g/mol. The molecular formula is C15H24O2. The van der Waals surface area contributed by atoms with Crippen molar-refractivity contribution >= 4 is 0 Å². The number of methoxy groups -OCH3 is 1. The highest BCUT2D eigenvalue weighted by Gasteiger charge is 2.09. The lowest BCUT2D eigenvalue weighted by molar-refractivity contribution is 0.139. The van der Waals surface area contributed by atoms with E-state index < -0.39 is 0 Å². The molecule has 0 saturated heterocycles. The molecule has 0 heterocycles. The van der Waals surface area contributed by atoms with E-state index in [9.17, 15) is 5.11 Å². The van der Waals surface area contributed by atoms with Gasteiger partial charge in [-0.15, -0.1) is 0 Å². The van der Waals surface area contributed by atoms with Crippen LogP contribution in [-0.4, -0.2) is 18.3 Å². The average molecular weight is 236 g/mol. The summed E-state index contributed by atoms with van der Waals surface area (Å²) in [6, 6.07) is 6.19. The molecule has 2 nitrogen and oxygen atoms in total. The molecule has 1 N–H and O–H groups in total. The van der Waals surface area contributed by atoms with Gasteiger partial charge >= 0.3 is 0 Å². The van der Waals surface area contributed by atoms with Gasteiger partial charge in [0, 0.05) is 0 Å². The van der Waals surface area contributed by atoms with Crippen molar-refractivity contribution in [1.29, 1.82) is 0 Å². The summed E-state index contributed by atoms with van der Waals surface area (Å²) in [7, 11) is 1.69. The lowest BCUT2D eigenvalue weighted by Crippen LogP contribution is -2.11. The Morgan fingerprint density at radius 2 is 2.00 bits per heavy atom. The maximum Gasteiger partial charge on any atom is 0.122 e. The van der Waals surface area contributed by atoms with Gasteiger partial charge in [-0.05, 0) is 43.7 Å². The highest BCUT2D eigenvalue weighted by Crippen LogP contribution is 2.22. The van der Waals surface area contributed by atoms with Gasteiger partial charge in [-0.3, -0.25) is 0 Å². The van der Waals surface area contributed by atoms with Gasteiger partial charge < -0.3 is 9.84 Å². The molecule has 1 aromatic rings. The fraction of sp³-hybridized carbons (Fsp3) is 0.600. The maximum atomic E-state index is 9.87. The molecule has 1 rings (SSSR count). The lowest BCUT2D eigenvalue weighted by Gasteiger charge is -2.14. The predicted molar refractivity (Wildman–Crippen MR) is 71.5 cm³/mol. The largest absolute Gasteiger partial charge is 0.496 e. The van der Waals surface area contributed by atoms with Crippen molar-refractivity contribution in [3.63, 3.8) is 0 Å². The van der Waals surface area contributed by atoms with Gasteiger partial charge in [0.2, 0.25) is 0 Å². The van der Waals surface area contributed by atoms with Crippen molar-refractivity contribution in [2.24, 2.45) is 5.92 Å². The van der Waals surface area contributed by atoms with Crippen LogP contribution >= 0.6 is 0 Å². The first-order valence-corrected chi connectivity index (χ1v) is 6.34. The van der Waals surface area contributed by atoms with Crippen LogP contribution in [-0.2, 0) is 6.42 Å². The number of aryl methyl sites for hydroxylation is 2. The number of ether oxygens (including phenoxy) is 1. The summed E-state index contributed by atoms with van der Waals surface area (Å²) < 4.78 is 5.33. The quantitative estimate of drug-likeness (QED) is 0.821. The van der Waals surface area contributed by atoms with Crippen LogP contribution in [0.1, 0.15) is 37.8 Å². The molecule has 1 unspecified atom stereocenters. The zero-order chi connectivity index (χ0) is 12.8. The van der Waals surface area contributed by atoms with Crippen LogP contribution < -0.4 is 4.74 Å². The Balaban J connectivity index is 2.58. The Morgan fingerprint density at radius 1 is 1.29 bits per heavy atom.